The fourth-order valence-corrected chi connectivity index (χ4v) is 5.75. The molecular weight excluding hydrogens is 422 g/mol. The maximum Gasteiger partial charge on any atom is 0.249 e. The predicted molar refractivity (Wildman–Crippen MR) is 118 cm³/mol. The van der Waals surface area contributed by atoms with E-state index in [0.717, 1.165) is 31.9 Å². The minimum Gasteiger partial charge on any atom is -0.494 e. The molecule has 0 spiro atoms. The normalized spacial score (nSPS) is 16.6. The van der Waals surface area contributed by atoms with Crippen LogP contribution in [0.4, 0.5) is 5.13 Å². The predicted octanol–water partition coefficient (Wildman–Crippen LogP) is 4.36. The lowest BCUT2D eigenvalue weighted by Gasteiger charge is -2.27. The number of nitrogens with one attached hydrogen (secondary N) is 1. The average molecular weight is 448 g/mol. The topological polar surface area (TPSA) is 101 Å². The summed E-state index contributed by atoms with van der Waals surface area (Å²) < 4.78 is 26.0. The van der Waals surface area contributed by atoms with Crippen molar-refractivity contribution in [3.05, 3.63) is 36.0 Å². The van der Waals surface area contributed by atoms with E-state index >= 15 is 0 Å². The first-order chi connectivity index (χ1) is 14.3. The molecule has 1 fully saturated rings. The molecule has 0 aliphatic heterocycles. The number of anilines is 1. The second kappa shape index (κ2) is 8.39. The number of sulfone groups is 1. The molecule has 1 aliphatic carbocycles. The number of fused-ring (bicyclic) bond motifs is 1. The smallest absolute Gasteiger partial charge is 0.249 e. The van der Waals surface area contributed by atoms with Crippen molar-refractivity contribution in [2.45, 2.75) is 49.5 Å². The third-order valence-electron chi connectivity index (χ3n) is 5.80. The van der Waals surface area contributed by atoms with Crippen molar-refractivity contribution >= 4 is 43.0 Å². The van der Waals surface area contributed by atoms with Crippen molar-refractivity contribution in [2.75, 3.05) is 11.6 Å². The fraction of sp³-hybridized carbons (Fsp3) is 0.429. The Morgan fingerprint density at radius 1 is 1.30 bits per heavy atom. The van der Waals surface area contributed by atoms with E-state index in [9.17, 15) is 18.3 Å². The van der Waals surface area contributed by atoms with Crippen LogP contribution in [0, 0.1) is 5.92 Å². The van der Waals surface area contributed by atoms with Crippen molar-refractivity contribution in [3.63, 3.8) is 0 Å². The number of carbonyl (C=O) groups excluding carboxylic acids is 1. The highest BCUT2D eigenvalue weighted by Gasteiger charge is 2.29. The molecule has 2 heterocycles. The summed E-state index contributed by atoms with van der Waals surface area (Å²) >= 11 is 1.33. The highest BCUT2D eigenvalue weighted by molar-refractivity contribution is 7.91. The van der Waals surface area contributed by atoms with E-state index in [1.54, 1.807) is 29.9 Å². The average Bonchev–Trinajstić information content (AvgIpc) is 3.34. The molecule has 2 N–H and O–H groups in total. The standard InChI is InChI=1S/C21H25N3O4S2/c1-30(27,28)18-9-5-8-15-16(18)13-24(20(15)26)17(12-14-6-3-2-4-7-14)19(25)23-21-22-10-11-29-21/h5,8-11,13-14,17,26H,2-4,6-7,12H2,1H3,(H,22,23,25)/t17-/m0/s1. The molecule has 160 valence electrons. The molecule has 4 rings (SSSR count). The molecular formula is C21H25N3O4S2. The number of aromatic nitrogens is 2. The zero-order valence-electron chi connectivity index (χ0n) is 16.7. The molecule has 0 bridgehead atoms. The third kappa shape index (κ3) is 4.22. The van der Waals surface area contributed by atoms with E-state index in [1.807, 2.05) is 0 Å². The van der Waals surface area contributed by atoms with E-state index in [4.69, 9.17) is 0 Å². The van der Waals surface area contributed by atoms with Crippen LogP contribution in [0.25, 0.3) is 10.8 Å². The summed E-state index contributed by atoms with van der Waals surface area (Å²) in [7, 11) is -3.48. The molecule has 2 aromatic heterocycles. The molecule has 1 atom stereocenters. The summed E-state index contributed by atoms with van der Waals surface area (Å²) in [6.07, 6.45) is 10.5. The summed E-state index contributed by atoms with van der Waals surface area (Å²) in [4.78, 5) is 17.5. The van der Waals surface area contributed by atoms with Gasteiger partial charge in [-0.05, 0) is 24.5 Å². The monoisotopic (exact) mass is 447 g/mol. The van der Waals surface area contributed by atoms with Gasteiger partial charge in [-0.3, -0.25) is 4.79 Å². The summed E-state index contributed by atoms with van der Waals surface area (Å²) in [5.74, 6) is 0.0303. The fourth-order valence-electron chi connectivity index (χ4n) is 4.33. The zero-order valence-corrected chi connectivity index (χ0v) is 18.4. The highest BCUT2D eigenvalue weighted by Crippen LogP contribution is 2.38. The minimum absolute atomic E-state index is 0.0920. The Labute approximate surface area is 179 Å². The van der Waals surface area contributed by atoms with Gasteiger partial charge in [0.15, 0.2) is 20.8 Å². The molecule has 30 heavy (non-hydrogen) atoms. The van der Waals surface area contributed by atoms with Crippen LogP contribution < -0.4 is 5.32 Å². The first kappa shape index (κ1) is 20.9. The molecule has 1 saturated carbocycles. The van der Waals surface area contributed by atoms with Gasteiger partial charge in [-0.2, -0.15) is 0 Å². The van der Waals surface area contributed by atoms with Crippen molar-refractivity contribution in [2.24, 2.45) is 5.92 Å². The highest BCUT2D eigenvalue weighted by atomic mass is 32.2. The first-order valence-corrected chi connectivity index (χ1v) is 12.8. The number of hydrogen-bond acceptors (Lipinski definition) is 6. The van der Waals surface area contributed by atoms with E-state index < -0.39 is 15.9 Å². The molecule has 3 aromatic rings. The van der Waals surface area contributed by atoms with Crippen molar-refractivity contribution in [3.8, 4) is 5.88 Å². The van der Waals surface area contributed by atoms with Crippen LogP contribution in [0.2, 0.25) is 0 Å². The van der Waals surface area contributed by atoms with E-state index in [2.05, 4.69) is 10.3 Å². The summed E-state index contributed by atoms with van der Waals surface area (Å²) in [6, 6.07) is 4.14. The van der Waals surface area contributed by atoms with Gasteiger partial charge in [0.1, 0.15) is 6.04 Å². The number of hydrogen-bond donors (Lipinski definition) is 2. The Kier molecular flexibility index (Phi) is 5.84. The summed E-state index contributed by atoms with van der Waals surface area (Å²) in [6.45, 7) is 0. The molecule has 7 nitrogen and oxygen atoms in total. The molecule has 1 amide bonds. The van der Waals surface area contributed by atoms with Crippen LogP contribution in [0.15, 0.2) is 40.9 Å². The Morgan fingerprint density at radius 2 is 2.07 bits per heavy atom. The van der Waals surface area contributed by atoms with Crippen LogP contribution in [-0.2, 0) is 14.6 Å². The Bertz CT molecular complexity index is 1150. The van der Waals surface area contributed by atoms with Crippen LogP contribution >= 0.6 is 11.3 Å². The van der Waals surface area contributed by atoms with Gasteiger partial charge < -0.3 is 15.0 Å². The van der Waals surface area contributed by atoms with E-state index in [1.165, 1.54) is 28.4 Å². The maximum atomic E-state index is 13.2. The lowest BCUT2D eigenvalue weighted by Crippen LogP contribution is -2.28. The number of benzene rings is 1. The van der Waals surface area contributed by atoms with Crippen molar-refractivity contribution in [1.29, 1.82) is 0 Å². The second-order valence-electron chi connectivity index (χ2n) is 7.93. The van der Waals surface area contributed by atoms with Crippen molar-refractivity contribution in [1.82, 2.24) is 9.55 Å². The Balaban J connectivity index is 1.76. The molecule has 9 heteroatoms. The van der Waals surface area contributed by atoms with Gasteiger partial charge in [-0.1, -0.05) is 38.2 Å². The number of nitrogens with zero attached hydrogens (tertiary/aromatic N) is 2. The molecule has 0 unspecified atom stereocenters. The zero-order chi connectivity index (χ0) is 21.3. The maximum absolute atomic E-state index is 13.2. The Hall–Kier alpha value is -2.39. The number of aromatic hydroxyl groups is 1. The van der Waals surface area contributed by atoms with Gasteiger partial charge in [0, 0.05) is 34.8 Å². The third-order valence-corrected chi connectivity index (χ3v) is 7.64. The van der Waals surface area contributed by atoms with E-state index in [-0.39, 0.29) is 16.7 Å². The number of carbonyl (C=O) groups is 1. The van der Waals surface area contributed by atoms with Gasteiger partial charge in [-0.15, -0.1) is 11.3 Å². The lowest BCUT2D eigenvalue weighted by molar-refractivity contribution is -0.120. The van der Waals surface area contributed by atoms with Gasteiger partial charge in [0.05, 0.1) is 4.90 Å². The van der Waals surface area contributed by atoms with Gasteiger partial charge in [0.2, 0.25) is 5.91 Å². The lowest BCUT2D eigenvalue weighted by atomic mass is 9.84. The van der Waals surface area contributed by atoms with Crippen molar-refractivity contribution < 1.29 is 18.3 Å². The number of amides is 1. The van der Waals surface area contributed by atoms with Gasteiger partial charge >= 0.3 is 0 Å². The number of thiazole rings is 1. The molecule has 0 saturated heterocycles. The molecule has 1 aliphatic rings. The SMILES string of the molecule is CS(=O)(=O)c1cccc2c(O)n([C@@H](CC3CCCCC3)C(=O)Nc3nccs3)cc12. The van der Waals surface area contributed by atoms with Crippen LogP contribution in [0.5, 0.6) is 5.88 Å². The van der Waals surface area contributed by atoms with Crippen LogP contribution in [0.3, 0.4) is 0 Å². The van der Waals surface area contributed by atoms with Gasteiger partial charge in [-0.25, -0.2) is 13.4 Å². The molecule has 0 radical (unpaired) electrons. The Morgan fingerprint density at radius 3 is 2.73 bits per heavy atom. The number of rotatable bonds is 6. The second-order valence-corrected chi connectivity index (χ2v) is 10.8. The molecule has 1 aromatic carbocycles. The van der Waals surface area contributed by atoms with Crippen LogP contribution in [-0.4, -0.2) is 35.2 Å². The quantitative estimate of drug-likeness (QED) is 0.585. The first-order valence-electron chi connectivity index (χ1n) is 10.1. The van der Waals surface area contributed by atoms with Crippen LogP contribution in [0.1, 0.15) is 44.6 Å². The summed E-state index contributed by atoms with van der Waals surface area (Å²) in [5.41, 5.74) is 0. The minimum atomic E-state index is -3.48. The van der Waals surface area contributed by atoms with E-state index in [0.29, 0.717) is 28.2 Å². The largest absolute Gasteiger partial charge is 0.494 e. The summed E-state index contributed by atoms with van der Waals surface area (Å²) in [5, 5.41) is 16.9. The van der Waals surface area contributed by atoms with Gasteiger partial charge in [0.25, 0.3) is 0 Å².